The zero-order chi connectivity index (χ0) is 12.3. The van der Waals surface area contributed by atoms with E-state index < -0.39 is 11.0 Å². The number of aliphatic imine (C=N–C) groups is 1. The van der Waals surface area contributed by atoms with Crippen LogP contribution in [0, 0.1) is 0 Å². The van der Waals surface area contributed by atoms with Crippen molar-refractivity contribution in [3.8, 4) is 0 Å². The summed E-state index contributed by atoms with van der Waals surface area (Å²) >= 11 is 0. The van der Waals surface area contributed by atoms with Gasteiger partial charge in [0.2, 0.25) is 0 Å². The Hall–Kier alpha value is -1.00. The highest BCUT2D eigenvalue weighted by Gasteiger charge is 2.25. The SMILES string of the molecule is CN=Cc1ccc(S(=O)N2CCC[C@H]2C)cc1. The molecule has 1 saturated heterocycles. The number of nitrogens with zero attached hydrogens (tertiary/aromatic N) is 2. The molecule has 1 aromatic rings. The lowest BCUT2D eigenvalue weighted by atomic mass is 10.2. The van der Waals surface area contributed by atoms with E-state index >= 15 is 0 Å². The van der Waals surface area contributed by atoms with E-state index in [1.165, 1.54) is 0 Å². The maximum atomic E-state index is 12.3. The first-order valence-corrected chi connectivity index (χ1v) is 7.04. The maximum Gasteiger partial charge on any atom is 0.127 e. The van der Waals surface area contributed by atoms with Gasteiger partial charge in [-0.05, 0) is 37.5 Å². The minimum Gasteiger partial charge on any atom is -0.296 e. The van der Waals surface area contributed by atoms with Gasteiger partial charge in [-0.1, -0.05) is 12.1 Å². The van der Waals surface area contributed by atoms with Crippen LogP contribution in [0.1, 0.15) is 25.3 Å². The maximum absolute atomic E-state index is 12.3. The van der Waals surface area contributed by atoms with Crippen molar-refractivity contribution in [3.05, 3.63) is 29.8 Å². The molecule has 0 bridgehead atoms. The molecule has 1 aliphatic heterocycles. The van der Waals surface area contributed by atoms with Gasteiger partial charge in [0.25, 0.3) is 0 Å². The lowest BCUT2D eigenvalue weighted by molar-refractivity contribution is 0.441. The fourth-order valence-corrected chi connectivity index (χ4v) is 3.47. The van der Waals surface area contributed by atoms with Gasteiger partial charge < -0.3 is 0 Å². The molecule has 4 heteroatoms. The fraction of sp³-hybridized carbons (Fsp3) is 0.462. The molecule has 1 unspecified atom stereocenters. The van der Waals surface area contributed by atoms with E-state index in [9.17, 15) is 4.21 Å². The Morgan fingerprint density at radius 3 is 2.65 bits per heavy atom. The van der Waals surface area contributed by atoms with Crippen LogP contribution in [-0.4, -0.2) is 34.4 Å². The number of hydrogen-bond acceptors (Lipinski definition) is 2. The van der Waals surface area contributed by atoms with E-state index in [1.807, 2.05) is 24.3 Å². The molecule has 17 heavy (non-hydrogen) atoms. The van der Waals surface area contributed by atoms with Crippen LogP contribution in [0.2, 0.25) is 0 Å². The van der Waals surface area contributed by atoms with Gasteiger partial charge in [0.1, 0.15) is 11.0 Å². The summed E-state index contributed by atoms with van der Waals surface area (Å²) in [6.07, 6.45) is 4.09. The predicted octanol–water partition coefficient (Wildman–Crippen LogP) is 2.24. The number of benzene rings is 1. The predicted molar refractivity (Wildman–Crippen MR) is 71.8 cm³/mol. The Morgan fingerprint density at radius 1 is 1.41 bits per heavy atom. The van der Waals surface area contributed by atoms with Crippen LogP contribution in [0.3, 0.4) is 0 Å². The second kappa shape index (κ2) is 5.56. The molecule has 2 atom stereocenters. The van der Waals surface area contributed by atoms with Gasteiger partial charge in [-0.15, -0.1) is 0 Å². The van der Waals surface area contributed by atoms with Crippen molar-refractivity contribution in [1.82, 2.24) is 4.31 Å². The minimum absolute atomic E-state index is 0.424. The van der Waals surface area contributed by atoms with E-state index in [4.69, 9.17) is 0 Å². The molecule has 2 rings (SSSR count). The Balaban J connectivity index is 2.14. The van der Waals surface area contributed by atoms with E-state index in [0.717, 1.165) is 29.8 Å². The Morgan fingerprint density at radius 2 is 2.12 bits per heavy atom. The van der Waals surface area contributed by atoms with Crippen LogP contribution < -0.4 is 0 Å². The zero-order valence-corrected chi connectivity index (χ0v) is 11.1. The molecule has 0 N–H and O–H groups in total. The highest BCUT2D eigenvalue weighted by atomic mass is 32.2. The molecule has 1 fully saturated rings. The summed E-state index contributed by atoms with van der Waals surface area (Å²) in [7, 11) is 0.736. The summed E-state index contributed by atoms with van der Waals surface area (Å²) < 4.78 is 14.4. The molecule has 0 saturated carbocycles. The van der Waals surface area contributed by atoms with Crippen molar-refractivity contribution in [2.24, 2.45) is 4.99 Å². The molecule has 1 aliphatic rings. The molecule has 3 nitrogen and oxygen atoms in total. The van der Waals surface area contributed by atoms with Crippen molar-refractivity contribution >= 4 is 17.2 Å². The molecule has 0 aliphatic carbocycles. The molecule has 1 heterocycles. The van der Waals surface area contributed by atoms with E-state index in [0.29, 0.717) is 6.04 Å². The molecule has 0 amide bonds. The third-order valence-corrected chi connectivity index (χ3v) is 4.71. The van der Waals surface area contributed by atoms with Crippen LogP contribution in [0.25, 0.3) is 0 Å². The standard InChI is InChI=1S/C13H18N2OS/c1-11-4-3-9-15(11)17(16)13-7-5-12(6-8-13)10-14-2/h5-8,10-11H,3-4,9H2,1-2H3/t11-,17?/m1/s1. The van der Waals surface area contributed by atoms with Gasteiger partial charge in [-0.25, -0.2) is 8.51 Å². The highest BCUT2D eigenvalue weighted by Crippen LogP contribution is 2.22. The fourth-order valence-electron chi connectivity index (χ4n) is 2.11. The summed E-state index contributed by atoms with van der Waals surface area (Å²) in [6.45, 7) is 3.08. The van der Waals surface area contributed by atoms with E-state index in [-0.39, 0.29) is 0 Å². The summed E-state index contributed by atoms with van der Waals surface area (Å²) in [5.74, 6) is 0. The molecular weight excluding hydrogens is 232 g/mol. The van der Waals surface area contributed by atoms with Crippen LogP contribution >= 0.6 is 0 Å². The Kier molecular flexibility index (Phi) is 4.07. The highest BCUT2D eigenvalue weighted by molar-refractivity contribution is 7.82. The second-order valence-corrected chi connectivity index (χ2v) is 5.78. The van der Waals surface area contributed by atoms with Gasteiger partial charge in [0.15, 0.2) is 0 Å². The Bertz CT molecular complexity index is 428. The molecule has 0 aromatic heterocycles. The van der Waals surface area contributed by atoms with Gasteiger partial charge in [0, 0.05) is 25.8 Å². The summed E-state index contributed by atoms with van der Waals surface area (Å²) in [6, 6.07) is 8.20. The molecular formula is C13H18N2OS. The summed E-state index contributed by atoms with van der Waals surface area (Å²) in [5, 5.41) is 0. The normalized spacial score (nSPS) is 23.3. The van der Waals surface area contributed by atoms with Gasteiger partial charge in [-0.2, -0.15) is 0 Å². The van der Waals surface area contributed by atoms with Crippen molar-refractivity contribution in [1.29, 1.82) is 0 Å². The van der Waals surface area contributed by atoms with Crippen molar-refractivity contribution in [2.75, 3.05) is 13.6 Å². The van der Waals surface area contributed by atoms with Crippen molar-refractivity contribution < 1.29 is 4.21 Å². The first kappa shape index (κ1) is 12.5. The van der Waals surface area contributed by atoms with Crippen molar-refractivity contribution in [2.45, 2.75) is 30.7 Å². The Labute approximate surface area is 105 Å². The quantitative estimate of drug-likeness (QED) is 0.757. The average Bonchev–Trinajstić information content (AvgIpc) is 2.76. The average molecular weight is 250 g/mol. The molecule has 92 valence electrons. The molecule has 1 aromatic carbocycles. The minimum atomic E-state index is -1.01. The monoisotopic (exact) mass is 250 g/mol. The first-order valence-electron chi connectivity index (χ1n) is 5.93. The second-order valence-electron chi connectivity index (χ2n) is 4.34. The third-order valence-electron chi connectivity index (χ3n) is 3.06. The third kappa shape index (κ3) is 2.82. The lowest BCUT2D eigenvalue weighted by Crippen LogP contribution is -2.28. The van der Waals surface area contributed by atoms with Crippen LogP contribution in [0.4, 0.5) is 0 Å². The lowest BCUT2D eigenvalue weighted by Gasteiger charge is -2.19. The molecule has 0 spiro atoms. The largest absolute Gasteiger partial charge is 0.296 e. The van der Waals surface area contributed by atoms with Crippen LogP contribution in [0.15, 0.2) is 34.2 Å². The van der Waals surface area contributed by atoms with E-state index in [1.54, 1.807) is 13.3 Å². The van der Waals surface area contributed by atoms with Crippen molar-refractivity contribution in [3.63, 3.8) is 0 Å². The summed E-state index contributed by atoms with van der Waals surface area (Å²) in [4.78, 5) is 4.84. The first-order chi connectivity index (χ1) is 8.22. The summed E-state index contributed by atoms with van der Waals surface area (Å²) in [5.41, 5.74) is 1.04. The zero-order valence-electron chi connectivity index (χ0n) is 10.3. The topological polar surface area (TPSA) is 32.7 Å². The van der Waals surface area contributed by atoms with Crippen LogP contribution in [0.5, 0.6) is 0 Å². The number of rotatable bonds is 3. The van der Waals surface area contributed by atoms with Gasteiger partial charge in [-0.3, -0.25) is 4.99 Å². The smallest absolute Gasteiger partial charge is 0.127 e. The number of hydrogen-bond donors (Lipinski definition) is 0. The molecule has 0 radical (unpaired) electrons. The van der Waals surface area contributed by atoms with Crippen LogP contribution in [-0.2, 0) is 11.0 Å². The van der Waals surface area contributed by atoms with Gasteiger partial charge in [0.05, 0.1) is 4.90 Å². The van der Waals surface area contributed by atoms with E-state index in [2.05, 4.69) is 16.2 Å². The van der Waals surface area contributed by atoms with Gasteiger partial charge >= 0.3 is 0 Å².